The second-order valence-corrected chi connectivity index (χ2v) is 18.8. The first-order valence-electron chi connectivity index (χ1n) is 23.4. The van der Waals surface area contributed by atoms with Crippen LogP contribution in [0.2, 0.25) is 0 Å². The van der Waals surface area contributed by atoms with Crippen molar-refractivity contribution in [1.82, 2.24) is 43.7 Å². The van der Waals surface area contributed by atoms with Crippen LogP contribution in [0.3, 0.4) is 0 Å². The van der Waals surface area contributed by atoms with E-state index in [-0.39, 0.29) is 30.7 Å². The number of nitrogens with zero attached hydrogens (tertiary/aromatic N) is 9. The molecule has 8 heterocycles. The Hall–Kier alpha value is -6.39. The van der Waals surface area contributed by atoms with Gasteiger partial charge in [-0.05, 0) is 118 Å². The van der Waals surface area contributed by atoms with Crippen molar-refractivity contribution >= 4 is 51.3 Å². The zero-order valence-electron chi connectivity index (χ0n) is 38.0. The number of aromatic nitrogens is 5. The summed E-state index contributed by atoms with van der Waals surface area (Å²) in [6.07, 6.45) is 8.01. The minimum Gasteiger partial charge on any atom is -0.384 e. The van der Waals surface area contributed by atoms with Crippen molar-refractivity contribution in [2.45, 2.75) is 63.5 Å². The van der Waals surface area contributed by atoms with E-state index in [0.29, 0.717) is 47.5 Å². The largest absolute Gasteiger partial charge is 0.384 e. The monoisotopic (exact) mass is 895 g/mol. The molecule has 4 aliphatic heterocycles. The summed E-state index contributed by atoms with van der Waals surface area (Å²) < 4.78 is 20.7. The Morgan fingerprint density at radius 2 is 1.58 bits per heavy atom. The maximum absolute atomic E-state index is 15.8. The molecule has 4 fully saturated rings. The molecule has 0 bridgehead atoms. The molecule has 0 spiro atoms. The Labute approximate surface area is 383 Å². The molecular formula is C50H58FN11O4. The molecule has 15 nitrogen and oxygen atoms in total. The van der Waals surface area contributed by atoms with E-state index in [9.17, 15) is 19.2 Å². The summed E-state index contributed by atoms with van der Waals surface area (Å²) in [6, 6.07) is 18.9. The number of nitrogens with one attached hydrogen (secondary N) is 1. The molecule has 4 aromatic heterocycles. The van der Waals surface area contributed by atoms with Gasteiger partial charge in [0.15, 0.2) is 0 Å². The van der Waals surface area contributed by atoms with Gasteiger partial charge in [0.2, 0.25) is 11.8 Å². The number of imidazole rings is 1. The normalized spacial score (nSPS) is 20.1. The van der Waals surface area contributed by atoms with E-state index in [4.69, 9.17) is 10.7 Å². The maximum atomic E-state index is 15.8. The first-order valence-corrected chi connectivity index (χ1v) is 23.4. The molecule has 2 aromatic carbocycles. The number of amides is 3. The molecule has 3 amide bonds. The number of aryl methyl sites for hydroxylation is 2. The molecule has 344 valence electrons. The van der Waals surface area contributed by atoms with Gasteiger partial charge >= 0.3 is 5.69 Å². The summed E-state index contributed by atoms with van der Waals surface area (Å²) in [7, 11) is 3.73. The van der Waals surface area contributed by atoms with Crippen molar-refractivity contribution < 1.29 is 18.8 Å². The summed E-state index contributed by atoms with van der Waals surface area (Å²) in [5, 5.41) is 3.41. The van der Waals surface area contributed by atoms with Crippen LogP contribution in [0, 0.1) is 11.7 Å². The number of likely N-dealkylation sites (tertiary alicyclic amines) is 2. The molecule has 0 aliphatic carbocycles. The van der Waals surface area contributed by atoms with Gasteiger partial charge in [0.05, 0.1) is 16.7 Å². The fourth-order valence-electron chi connectivity index (χ4n) is 11.0. The highest BCUT2D eigenvalue weighted by molar-refractivity contribution is 6.00. The third-order valence-corrected chi connectivity index (χ3v) is 15.0. The summed E-state index contributed by atoms with van der Waals surface area (Å²) in [5.74, 6) is 0.176. The SMILES string of the molecule is C[C@@H](c1cc2c(-c3ccc(N)nc3)ccnc2n1C)N1CCC(c2ccc(C(=O)N3CCC(CN4CCN(c5cc6c(cc5F)n(C5CCC(=O)NC5=O)c(=O)n6C)CC4)CC3)cc2)CC1. The molecule has 4 saturated heterocycles. The lowest BCUT2D eigenvalue weighted by Gasteiger charge is -2.39. The highest BCUT2D eigenvalue weighted by atomic mass is 19.1. The van der Waals surface area contributed by atoms with E-state index in [1.165, 1.54) is 26.5 Å². The standard InChI is InChI=1S/C50H58FN11O4/c1-31(41-26-38-37(12-17-53-47(38)56(41)2)36-8-10-45(52)54-29-36)59-20-15-34(16-21-59)33-4-6-35(7-5-33)49(65)61-18-13-32(14-19-61)30-58-22-24-60(25-23-58)42-28-43-44(27-39(42)51)62(50(66)57(43)3)40-9-11-46(63)55-48(40)64/h4-8,10,12,17,26-29,31-32,34,40H,9,11,13-16,18-25,30H2,1-3H3,(H2,52,54)(H,55,63,64)/t31-,40?/m0/s1. The van der Waals surface area contributed by atoms with E-state index in [2.05, 4.69) is 56.8 Å². The molecule has 66 heavy (non-hydrogen) atoms. The fourth-order valence-corrected chi connectivity index (χ4v) is 11.0. The van der Waals surface area contributed by atoms with Crippen molar-refractivity contribution in [3.63, 3.8) is 0 Å². The van der Waals surface area contributed by atoms with Crippen LogP contribution in [0.4, 0.5) is 15.9 Å². The molecule has 6 aromatic rings. The number of piperidine rings is 3. The summed E-state index contributed by atoms with van der Waals surface area (Å²) in [5.41, 5.74) is 13.1. The Morgan fingerprint density at radius 3 is 2.27 bits per heavy atom. The Bertz CT molecular complexity index is 2860. The smallest absolute Gasteiger partial charge is 0.329 e. The van der Waals surface area contributed by atoms with Crippen LogP contribution in [0.15, 0.2) is 77.9 Å². The van der Waals surface area contributed by atoms with Gasteiger partial charge in [-0.1, -0.05) is 12.1 Å². The van der Waals surface area contributed by atoms with E-state index in [0.717, 1.165) is 99.2 Å². The summed E-state index contributed by atoms with van der Waals surface area (Å²) in [4.78, 5) is 69.4. The lowest BCUT2D eigenvalue weighted by atomic mass is 9.88. The van der Waals surface area contributed by atoms with Crippen molar-refractivity contribution in [2.24, 2.45) is 20.0 Å². The first-order chi connectivity index (χ1) is 31.9. The van der Waals surface area contributed by atoms with Gasteiger partial charge in [-0.3, -0.25) is 38.6 Å². The lowest BCUT2D eigenvalue weighted by molar-refractivity contribution is -0.135. The van der Waals surface area contributed by atoms with E-state index >= 15 is 4.39 Å². The predicted molar refractivity (Wildman–Crippen MR) is 253 cm³/mol. The maximum Gasteiger partial charge on any atom is 0.329 e. The number of halogens is 1. The zero-order valence-corrected chi connectivity index (χ0v) is 38.0. The average Bonchev–Trinajstić information content (AvgIpc) is 3.80. The lowest BCUT2D eigenvalue weighted by Crippen LogP contribution is -2.49. The highest BCUT2D eigenvalue weighted by Crippen LogP contribution is 2.37. The van der Waals surface area contributed by atoms with Gasteiger partial charge in [0.1, 0.15) is 23.3 Å². The van der Waals surface area contributed by atoms with Crippen molar-refractivity contribution in [1.29, 1.82) is 0 Å². The van der Waals surface area contributed by atoms with E-state index < -0.39 is 23.5 Å². The number of nitrogens with two attached hydrogens (primary N) is 1. The number of pyridine rings is 2. The molecule has 3 N–H and O–H groups in total. The van der Waals surface area contributed by atoms with Crippen molar-refractivity contribution in [3.05, 3.63) is 106 Å². The van der Waals surface area contributed by atoms with Crippen molar-refractivity contribution in [3.8, 4) is 11.1 Å². The number of imide groups is 1. The molecule has 16 heteroatoms. The van der Waals surface area contributed by atoms with Gasteiger partial charge in [-0.25, -0.2) is 19.2 Å². The second kappa shape index (κ2) is 17.8. The van der Waals surface area contributed by atoms with Crippen LogP contribution in [0.25, 0.3) is 33.2 Å². The Balaban J connectivity index is 0.691. The van der Waals surface area contributed by atoms with Crippen LogP contribution in [0.5, 0.6) is 0 Å². The molecular weight excluding hydrogens is 838 g/mol. The van der Waals surface area contributed by atoms with Crippen LogP contribution in [-0.4, -0.2) is 115 Å². The van der Waals surface area contributed by atoms with Crippen molar-refractivity contribution in [2.75, 3.05) is 69.5 Å². The highest BCUT2D eigenvalue weighted by Gasteiger charge is 2.33. The first kappa shape index (κ1) is 43.5. The van der Waals surface area contributed by atoms with E-state index in [1.54, 1.807) is 13.1 Å². The van der Waals surface area contributed by atoms with Crippen LogP contribution in [-0.2, 0) is 23.7 Å². The minimum absolute atomic E-state index is 0.0986. The number of benzene rings is 2. The number of carbonyl (C=O) groups excluding carboxylic acids is 3. The van der Waals surface area contributed by atoms with E-state index in [1.807, 2.05) is 52.5 Å². The summed E-state index contributed by atoms with van der Waals surface area (Å²) >= 11 is 0. The summed E-state index contributed by atoms with van der Waals surface area (Å²) in [6.45, 7) is 9.53. The van der Waals surface area contributed by atoms with Crippen LogP contribution >= 0.6 is 0 Å². The fraction of sp³-hybridized carbons (Fsp3) is 0.440. The third kappa shape index (κ3) is 8.14. The number of carbonyl (C=O) groups is 3. The molecule has 2 atom stereocenters. The number of nitrogen functional groups attached to an aromatic ring is 1. The quantitative estimate of drug-likeness (QED) is 0.175. The molecule has 1 unspecified atom stereocenters. The number of piperazine rings is 1. The average molecular weight is 896 g/mol. The molecule has 10 rings (SSSR count). The molecule has 0 saturated carbocycles. The van der Waals surface area contributed by atoms with Gasteiger partial charge < -0.3 is 20.1 Å². The number of hydrogen-bond donors (Lipinski definition) is 2. The van der Waals surface area contributed by atoms with Crippen LogP contribution < -0.4 is 21.6 Å². The zero-order chi connectivity index (χ0) is 45.8. The topological polar surface area (TPSA) is 160 Å². The Morgan fingerprint density at radius 1 is 0.833 bits per heavy atom. The van der Waals surface area contributed by atoms with Gasteiger partial charge in [-0.2, -0.15) is 0 Å². The molecule has 4 aliphatic rings. The third-order valence-electron chi connectivity index (χ3n) is 15.0. The van der Waals surface area contributed by atoms with Gasteiger partial charge in [0, 0.05) is 113 Å². The number of hydrogen-bond acceptors (Lipinski definition) is 10. The van der Waals surface area contributed by atoms with Gasteiger partial charge in [0.25, 0.3) is 5.91 Å². The second-order valence-electron chi connectivity index (χ2n) is 18.8. The number of fused-ring (bicyclic) bond motifs is 2. The molecule has 0 radical (unpaired) electrons. The number of rotatable bonds is 9. The van der Waals surface area contributed by atoms with Crippen LogP contribution in [0.1, 0.15) is 85.1 Å². The predicted octanol–water partition coefficient (Wildman–Crippen LogP) is 5.60. The minimum atomic E-state index is -0.863. The van der Waals surface area contributed by atoms with Gasteiger partial charge in [-0.15, -0.1) is 0 Å². The Kier molecular flexibility index (Phi) is 11.7. The number of anilines is 2.